The predicted octanol–water partition coefficient (Wildman–Crippen LogP) is 0.778. The molecule has 0 atom stereocenters. The third kappa shape index (κ3) is 5.16. The van der Waals surface area contributed by atoms with E-state index in [4.69, 9.17) is 5.14 Å². The van der Waals surface area contributed by atoms with Crippen molar-refractivity contribution in [2.24, 2.45) is 5.14 Å². The number of hydrogen-bond acceptors (Lipinski definition) is 3. The first-order valence-electron chi connectivity index (χ1n) is 5.38. The van der Waals surface area contributed by atoms with Crippen molar-refractivity contribution in [1.29, 1.82) is 0 Å². The first-order chi connectivity index (χ1) is 8.43. The zero-order chi connectivity index (χ0) is 13.6. The maximum atomic E-state index is 11.2. The molecule has 3 N–H and O–H groups in total. The van der Waals surface area contributed by atoms with Crippen molar-refractivity contribution in [2.45, 2.75) is 17.7 Å². The van der Waals surface area contributed by atoms with Crippen LogP contribution >= 0.6 is 15.9 Å². The van der Waals surface area contributed by atoms with Gasteiger partial charge in [0.1, 0.15) is 0 Å². The molecule has 1 aromatic rings. The van der Waals surface area contributed by atoms with E-state index >= 15 is 0 Å². The first-order valence-corrected chi connectivity index (χ1v) is 8.04. The van der Waals surface area contributed by atoms with Gasteiger partial charge in [-0.2, -0.15) is 0 Å². The fourth-order valence-corrected chi connectivity index (χ4v) is 2.24. The van der Waals surface area contributed by atoms with Crippen molar-refractivity contribution in [1.82, 2.24) is 5.32 Å². The van der Waals surface area contributed by atoms with E-state index in [1.807, 2.05) is 0 Å². The number of nitrogens with two attached hydrogens (primary N) is 1. The lowest BCUT2D eigenvalue weighted by molar-refractivity contribution is -0.120. The molecule has 0 aromatic heterocycles. The highest BCUT2D eigenvalue weighted by molar-refractivity contribution is 9.09. The number of nitrogens with one attached hydrogen (secondary N) is 1. The topological polar surface area (TPSA) is 89.3 Å². The summed E-state index contributed by atoms with van der Waals surface area (Å²) in [6, 6.07) is 6.31. The second kappa shape index (κ2) is 6.86. The van der Waals surface area contributed by atoms with Gasteiger partial charge in [0.2, 0.25) is 15.9 Å². The van der Waals surface area contributed by atoms with E-state index in [2.05, 4.69) is 21.2 Å². The van der Waals surface area contributed by atoms with Gasteiger partial charge in [0, 0.05) is 18.3 Å². The molecule has 7 heteroatoms. The van der Waals surface area contributed by atoms with E-state index < -0.39 is 10.0 Å². The number of sulfonamides is 1. The van der Waals surface area contributed by atoms with Crippen LogP contribution in [0.15, 0.2) is 29.2 Å². The Bertz CT molecular complexity index is 500. The maximum Gasteiger partial charge on any atom is 0.238 e. The monoisotopic (exact) mass is 334 g/mol. The molecule has 0 spiro atoms. The minimum atomic E-state index is -3.64. The summed E-state index contributed by atoms with van der Waals surface area (Å²) in [4.78, 5) is 11.3. The summed E-state index contributed by atoms with van der Waals surface area (Å²) in [5.74, 6) is -0.00645. The van der Waals surface area contributed by atoms with Crippen molar-refractivity contribution in [3.8, 4) is 0 Å². The quantitative estimate of drug-likeness (QED) is 0.753. The number of carbonyl (C=O) groups is 1. The molecule has 0 aliphatic carbocycles. The Morgan fingerprint density at radius 3 is 2.39 bits per heavy atom. The summed E-state index contributed by atoms with van der Waals surface area (Å²) in [5, 5.41) is 8.40. The lowest BCUT2D eigenvalue weighted by Gasteiger charge is -2.05. The van der Waals surface area contributed by atoms with E-state index in [0.29, 0.717) is 24.7 Å². The molecule has 0 fully saturated rings. The highest BCUT2D eigenvalue weighted by atomic mass is 79.9. The largest absolute Gasteiger partial charge is 0.356 e. The van der Waals surface area contributed by atoms with Crippen LogP contribution in [0.4, 0.5) is 0 Å². The van der Waals surface area contributed by atoms with Crippen LogP contribution in [0.2, 0.25) is 0 Å². The second-order valence-corrected chi connectivity index (χ2v) is 6.08. The van der Waals surface area contributed by atoms with Crippen molar-refractivity contribution in [2.75, 3.05) is 11.9 Å². The third-order valence-electron chi connectivity index (χ3n) is 2.31. The molecule has 18 heavy (non-hydrogen) atoms. The van der Waals surface area contributed by atoms with Gasteiger partial charge in [0.25, 0.3) is 0 Å². The Kier molecular flexibility index (Phi) is 5.77. The van der Waals surface area contributed by atoms with Crippen LogP contribution in [0.3, 0.4) is 0 Å². The van der Waals surface area contributed by atoms with Crippen molar-refractivity contribution in [3.63, 3.8) is 0 Å². The van der Waals surface area contributed by atoms with Gasteiger partial charge in [-0.25, -0.2) is 13.6 Å². The van der Waals surface area contributed by atoms with Gasteiger partial charge in [-0.1, -0.05) is 28.1 Å². The Morgan fingerprint density at radius 1 is 1.28 bits per heavy atom. The molecule has 0 aliphatic heterocycles. The molecule has 0 radical (unpaired) electrons. The van der Waals surface area contributed by atoms with Gasteiger partial charge >= 0.3 is 0 Å². The average Bonchev–Trinajstić information content (AvgIpc) is 2.29. The Balaban J connectivity index is 2.47. The maximum absolute atomic E-state index is 11.2. The normalized spacial score (nSPS) is 11.2. The molecule has 0 heterocycles. The van der Waals surface area contributed by atoms with E-state index in [0.717, 1.165) is 5.56 Å². The highest BCUT2D eigenvalue weighted by Crippen LogP contribution is 2.08. The van der Waals surface area contributed by atoms with Crippen LogP contribution in [0, 0.1) is 0 Å². The molecule has 5 nitrogen and oxygen atoms in total. The van der Waals surface area contributed by atoms with Gasteiger partial charge in [-0.05, 0) is 24.1 Å². The third-order valence-corrected chi connectivity index (χ3v) is 3.64. The average molecular weight is 335 g/mol. The molecule has 0 aliphatic rings. The fourth-order valence-electron chi connectivity index (χ4n) is 1.37. The number of carbonyl (C=O) groups excluding carboxylic acids is 1. The molecular formula is C11H15BrN2O3S. The minimum absolute atomic E-state index is 0.00645. The van der Waals surface area contributed by atoms with Crippen LogP contribution < -0.4 is 10.5 Å². The van der Waals surface area contributed by atoms with Crippen molar-refractivity contribution < 1.29 is 13.2 Å². The van der Waals surface area contributed by atoms with Gasteiger partial charge in [-0.3, -0.25) is 4.79 Å². The van der Waals surface area contributed by atoms with Crippen LogP contribution in [0.5, 0.6) is 0 Å². The van der Waals surface area contributed by atoms with Crippen LogP contribution in [-0.4, -0.2) is 26.2 Å². The van der Waals surface area contributed by atoms with Gasteiger partial charge in [0.15, 0.2) is 0 Å². The molecule has 100 valence electrons. The summed E-state index contributed by atoms with van der Waals surface area (Å²) in [7, 11) is -3.64. The van der Waals surface area contributed by atoms with Gasteiger partial charge < -0.3 is 5.32 Å². The lowest BCUT2D eigenvalue weighted by atomic mass is 10.1. The number of amides is 1. The Hall–Kier alpha value is -0.920. The summed E-state index contributed by atoms with van der Waals surface area (Å²) in [6.45, 7) is 0.528. The lowest BCUT2D eigenvalue weighted by Crippen LogP contribution is -2.25. The summed E-state index contributed by atoms with van der Waals surface area (Å²) >= 11 is 3.18. The van der Waals surface area contributed by atoms with E-state index in [1.54, 1.807) is 12.1 Å². The van der Waals surface area contributed by atoms with Crippen LogP contribution in [-0.2, 0) is 21.2 Å². The molecule has 0 saturated carbocycles. The molecule has 1 aromatic carbocycles. The zero-order valence-corrected chi connectivity index (χ0v) is 12.1. The summed E-state index contributed by atoms with van der Waals surface area (Å²) in [6.07, 6.45) is 1.10. The summed E-state index contributed by atoms with van der Waals surface area (Å²) in [5.41, 5.74) is 0.946. The number of primary sulfonamides is 1. The summed E-state index contributed by atoms with van der Waals surface area (Å²) < 4.78 is 22.1. The van der Waals surface area contributed by atoms with Crippen molar-refractivity contribution >= 4 is 31.9 Å². The predicted molar refractivity (Wildman–Crippen MR) is 72.9 cm³/mol. The van der Waals surface area contributed by atoms with E-state index in [9.17, 15) is 13.2 Å². The minimum Gasteiger partial charge on any atom is -0.356 e. The SMILES string of the molecule is NS(=O)(=O)c1ccc(CCNC(=O)CCBr)cc1. The molecule has 1 rings (SSSR count). The smallest absolute Gasteiger partial charge is 0.238 e. The first kappa shape index (κ1) is 15.1. The second-order valence-electron chi connectivity index (χ2n) is 3.73. The highest BCUT2D eigenvalue weighted by Gasteiger charge is 2.06. The zero-order valence-electron chi connectivity index (χ0n) is 9.73. The van der Waals surface area contributed by atoms with Crippen molar-refractivity contribution in [3.05, 3.63) is 29.8 Å². The number of halogens is 1. The van der Waals surface area contributed by atoms with Gasteiger partial charge in [-0.15, -0.1) is 0 Å². The Labute approximate surface area is 115 Å². The molecule has 0 bridgehead atoms. The number of alkyl halides is 1. The number of benzene rings is 1. The molecular weight excluding hydrogens is 320 g/mol. The molecule has 1 amide bonds. The molecule has 0 unspecified atom stereocenters. The Morgan fingerprint density at radius 2 is 1.89 bits per heavy atom. The van der Waals surface area contributed by atoms with E-state index in [1.165, 1.54) is 12.1 Å². The van der Waals surface area contributed by atoms with Crippen LogP contribution in [0.1, 0.15) is 12.0 Å². The number of hydrogen-bond donors (Lipinski definition) is 2. The standard InChI is InChI=1S/C11H15BrN2O3S/c12-7-5-11(15)14-8-6-9-1-3-10(4-2-9)18(13,16)17/h1-4H,5-8H2,(H,14,15)(H2,13,16,17). The fraction of sp³-hybridized carbons (Fsp3) is 0.364. The molecule has 0 saturated heterocycles. The number of rotatable bonds is 6. The van der Waals surface area contributed by atoms with Crippen LogP contribution in [0.25, 0.3) is 0 Å². The van der Waals surface area contributed by atoms with Gasteiger partial charge in [0.05, 0.1) is 4.90 Å². The van der Waals surface area contributed by atoms with E-state index in [-0.39, 0.29) is 10.8 Å².